The smallest absolute Gasteiger partial charge is 0.315 e. The molecule has 18 heteroatoms. The molecule has 3 saturated heterocycles. The van der Waals surface area contributed by atoms with Crippen molar-refractivity contribution in [1.82, 2.24) is 0 Å². The molecule has 0 bridgehead atoms. The van der Waals surface area contributed by atoms with Gasteiger partial charge in [-0.25, -0.2) is 0 Å². The number of hydrogen-bond donors (Lipinski definition) is 11. The topological polar surface area (TPSA) is 295 Å². The number of fused-ring (bicyclic) bond motifs is 7. The van der Waals surface area contributed by atoms with Crippen molar-refractivity contribution >= 4 is 5.97 Å². The maximum Gasteiger partial charge on any atom is 0.315 e. The third kappa shape index (κ3) is 7.87. The molecule has 0 aromatic rings. The first-order valence-electron chi connectivity index (χ1n) is 24.3. The van der Waals surface area contributed by atoms with Crippen LogP contribution in [0, 0.1) is 50.2 Å². The lowest BCUT2D eigenvalue weighted by Gasteiger charge is -2.71. The molecule has 11 N–H and O–H groups in total. The highest BCUT2D eigenvalue weighted by Gasteiger charge is 2.70. The van der Waals surface area contributed by atoms with Gasteiger partial charge in [0, 0.05) is 5.41 Å². The first-order chi connectivity index (χ1) is 30.8. The minimum absolute atomic E-state index is 0.0285. The lowest BCUT2D eigenvalue weighted by atomic mass is 9.33. The van der Waals surface area contributed by atoms with Gasteiger partial charge in [0.1, 0.15) is 67.1 Å². The van der Waals surface area contributed by atoms with Crippen LogP contribution in [0.4, 0.5) is 0 Å². The number of rotatable bonds is 9. The van der Waals surface area contributed by atoms with Gasteiger partial charge in [-0.15, -0.1) is 0 Å². The van der Waals surface area contributed by atoms with Crippen LogP contribution in [-0.4, -0.2) is 180 Å². The van der Waals surface area contributed by atoms with Crippen LogP contribution in [0.3, 0.4) is 0 Å². The highest BCUT2D eigenvalue weighted by atomic mass is 16.7. The fourth-order valence-corrected chi connectivity index (χ4v) is 14.9. The van der Waals surface area contributed by atoms with Crippen LogP contribution in [0.25, 0.3) is 0 Å². The van der Waals surface area contributed by atoms with E-state index in [1.54, 1.807) is 0 Å². The van der Waals surface area contributed by atoms with Crippen molar-refractivity contribution in [1.29, 1.82) is 0 Å². The van der Waals surface area contributed by atoms with Gasteiger partial charge in [-0.3, -0.25) is 4.79 Å². The predicted molar refractivity (Wildman–Crippen MR) is 230 cm³/mol. The Bertz CT molecular complexity index is 1800. The third-order valence-corrected chi connectivity index (χ3v) is 19.4. The number of carbonyl (C=O) groups is 1. The molecule has 0 unspecified atom stereocenters. The maximum absolute atomic E-state index is 14.7. The van der Waals surface area contributed by atoms with E-state index in [0.717, 1.165) is 38.5 Å². The molecule has 0 aromatic heterocycles. The number of aliphatic hydroxyl groups is 11. The quantitative estimate of drug-likeness (QED) is 0.0833. The summed E-state index contributed by atoms with van der Waals surface area (Å²) in [6, 6.07) is 0. The Kier molecular flexibility index (Phi) is 13.9. The van der Waals surface area contributed by atoms with E-state index < -0.39 is 128 Å². The van der Waals surface area contributed by atoms with Crippen LogP contribution < -0.4 is 0 Å². The molecule has 7 fully saturated rings. The summed E-state index contributed by atoms with van der Waals surface area (Å²) in [5, 5.41) is 117. The van der Waals surface area contributed by atoms with E-state index in [9.17, 15) is 61.0 Å². The molecule has 8 rings (SSSR count). The molecule has 18 nitrogen and oxygen atoms in total. The van der Waals surface area contributed by atoms with Crippen LogP contribution in [0.2, 0.25) is 0 Å². The molecule has 3 heterocycles. The normalized spacial score (nSPS) is 54.8. The standard InChI is InChI=1S/C48H78O18/c1-22-30(51)33(54)36(57)39(62-22)61-20-26-32(53)35(56)37(58)40(64-26)65-29-11-12-44(4)27(45(29,5)21-50)10-13-47(7)28(44)9-8-23-24-18-43(2,3)14-16-48(24,17-15-46(23,47)6)42(60)66-41-38(59)34(55)31(52)25(19-49)63-41/h8,22,24-41,49-59H,9-21H2,1-7H3/t22-,24+,25-,26+,27+,28-,29-,30+,31-,32+,33-,34+,35-,36-,37+,38+,39-,40-,41+,44+,45-,46+,47-,48+/m1/s1. The Hall–Kier alpha value is -1.43. The molecule has 378 valence electrons. The van der Waals surface area contributed by atoms with E-state index in [4.69, 9.17) is 28.4 Å². The first kappa shape index (κ1) is 50.9. The highest BCUT2D eigenvalue weighted by molar-refractivity contribution is 5.79. The van der Waals surface area contributed by atoms with Gasteiger partial charge < -0.3 is 84.6 Å². The van der Waals surface area contributed by atoms with Gasteiger partial charge in [0.25, 0.3) is 0 Å². The average Bonchev–Trinajstić information content (AvgIpc) is 3.27. The molecule has 66 heavy (non-hydrogen) atoms. The fourth-order valence-electron chi connectivity index (χ4n) is 14.9. The zero-order valence-electron chi connectivity index (χ0n) is 39.5. The van der Waals surface area contributed by atoms with Crippen LogP contribution in [-0.2, 0) is 33.2 Å². The molecule has 24 atom stereocenters. The van der Waals surface area contributed by atoms with Crippen molar-refractivity contribution in [2.75, 3.05) is 19.8 Å². The van der Waals surface area contributed by atoms with Crippen LogP contribution >= 0.6 is 0 Å². The van der Waals surface area contributed by atoms with Gasteiger partial charge in [-0.05, 0) is 111 Å². The van der Waals surface area contributed by atoms with E-state index in [1.807, 2.05) is 6.92 Å². The SMILES string of the molecule is C[C@H]1O[C@@H](OC[C@@H]2O[C@H](O[C@@H]3CC[C@@]4(C)[C@H](CC[C@]5(C)[C@@H]4CC=C4[C@@H]6CC(C)(C)CC[C@]6(C(=O)O[C@@H]6O[C@H](CO)[C@@H](O)[C@H](O)[C@@H]6O)CC[C@@]45C)[C@@]3(C)CO)[C@@H](O)[C@H](O)[C@H]2O)[C@H](O)[C@H](O)[C@H]1O. The molecule has 8 aliphatic rings. The van der Waals surface area contributed by atoms with Crippen molar-refractivity contribution in [2.45, 2.75) is 211 Å². The molecule has 5 aliphatic carbocycles. The number of allylic oxidation sites excluding steroid dienone is 2. The predicted octanol–water partition coefficient (Wildman–Crippen LogP) is 0.141. The van der Waals surface area contributed by atoms with E-state index >= 15 is 0 Å². The highest BCUT2D eigenvalue weighted by Crippen LogP contribution is 2.76. The number of carbonyl (C=O) groups excluding carboxylic acids is 1. The van der Waals surface area contributed by atoms with Crippen molar-refractivity contribution in [3.63, 3.8) is 0 Å². The van der Waals surface area contributed by atoms with Gasteiger partial charge >= 0.3 is 5.97 Å². The van der Waals surface area contributed by atoms with Gasteiger partial charge in [-0.1, -0.05) is 53.2 Å². The van der Waals surface area contributed by atoms with Crippen molar-refractivity contribution in [3.05, 3.63) is 11.6 Å². The molecular formula is C48H78O18. The Labute approximate surface area is 387 Å². The Morgan fingerprint density at radius 3 is 1.94 bits per heavy atom. The molecule has 0 amide bonds. The summed E-state index contributed by atoms with van der Waals surface area (Å²) in [7, 11) is 0. The summed E-state index contributed by atoms with van der Waals surface area (Å²) in [5.74, 6) is -0.514. The summed E-state index contributed by atoms with van der Waals surface area (Å²) in [5.41, 5.74) is -1.33. The Morgan fingerprint density at radius 1 is 0.667 bits per heavy atom. The molecule has 4 saturated carbocycles. The minimum atomic E-state index is -1.70. The zero-order valence-corrected chi connectivity index (χ0v) is 39.5. The molecule has 0 aromatic carbocycles. The van der Waals surface area contributed by atoms with Gasteiger partial charge in [0.05, 0.1) is 37.4 Å². The van der Waals surface area contributed by atoms with Crippen LogP contribution in [0.15, 0.2) is 11.6 Å². The van der Waals surface area contributed by atoms with Gasteiger partial charge in [0.2, 0.25) is 6.29 Å². The monoisotopic (exact) mass is 943 g/mol. The fraction of sp³-hybridized carbons (Fsp3) is 0.938. The molecular weight excluding hydrogens is 865 g/mol. The maximum atomic E-state index is 14.7. The number of ether oxygens (including phenoxy) is 6. The second-order valence-electron chi connectivity index (χ2n) is 23.3. The van der Waals surface area contributed by atoms with E-state index in [-0.39, 0.29) is 46.0 Å². The molecule has 3 aliphatic heterocycles. The summed E-state index contributed by atoms with van der Waals surface area (Å²) in [4.78, 5) is 14.7. The Balaban J connectivity index is 1.01. The van der Waals surface area contributed by atoms with Crippen molar-refractivity contribution in [3.8, 4) is 0 Å². The first-order valence-corrected chi connectivity index (χ1v) is 24.3. The van der Waals surface area contributed by atoms with Crippen LogP contribution in [0.5, 0.6) is 0 Å². The summed E-state index contributed by atoms with van der Waals surface area (Å²) >= 11 is 0. The molecule has 0 radical (unpaired) electrons. The summed E-state index contributed by atoms with van der Waals surface area (Å²) in [6.07, 6.45) is -13.3. The lowest BCUT2D eigenvalue weighted by Crippen LogP contribution is -2.67. The molecule has 0 spiro atoms. The van der Waals surface area contributed by atoms with Gasteiger partial charge in [0.15, 0.2) is 12.6 Å². The minimum Gasteiger partial charge on any atom is -0.432 e. The third-order valence-electron chi connectivity index (χ3n) is 19.4. The van der Waals surface area contributed by atoms with Crippen molar-refractivity contribution < 1.29 is 89.4 Å². The van der Waals surface area contributed by atoms with E-state index in [0.29, 0.717) is 25.7 Å². The zero-order chi connectivity index (χ0) is 48.3. The second kappa shape index (κ2) is 18.0. The van der Waals surface area contributed by atoms with E-state index in [2.05, 4.69) is 40.7 Å². The second-order valence-corrected chi connectivity index (χ2v) is 23.3. The van der Waals surface area contributed by atoms with E-state index in [1.165, 1.54) is 12.5 Å². The number of hydrogen-bond acceptors (Lipinski definition) is 18. The summed E-state index contributed by atoms with van der Waals surface area (Å²) < 4.78 is 35.5. The van der Waals surface area contributed by atoms with Gasteiger partial charge in [-0.2, -0.15) is 0 Å². The largest absolute Gasteiger partial charge is 0.432 e. The van der Waals surface area contributed by atoms with Crippen molar-refractivity contribution in [2.24, 2.45) is 50.2 Å². The summed E-state index contributed by atoms with van der Waals surface area (Å²) in [6.45, 7) is 13.8. The number of esters is 1. The lowest BCUT2D eigenvalue weighted by molar-refractivity contribution is -0.346. The van der Waals surface area contributed by atoms with Crippen LogP contribution in [0.1, 0.15) is 113 Å². The Morgan fingerprint density at radius 2 is 1.27 bits per heavy atom. The average molecular weight is 943 g/mol. The number of aliphatic hydroxyl groups excluding tert-OH is 11.